The number of hydrogen-bond donors (Lipinski definition) is 0. The Labute approximate surface area is 106 Å². The molecule has 0 N–H and O–H groups in total. The molecule has 0 aromatic heterocycles. The van der Waals surface area contributed by atoms with Crippen molar-refractivity contribution in [3.63, 3.8) is 0 Å². The van der Waals surface area contributed by atoms with E-state index in [0.29, 0.717) is 15.5 Å². The Morgan fingerprint density at radius 2 is 2.00 bits per heavy atom. The molecule has 0 fully saturated rings. The van der Waals surface area contributed by atoms with Gasteiger partial charge in [-0.1, -0.05) is 31.5 Å². The van der Waals surface area contributed by atoms with Crippen LogP contribution in [0.5, 0.6) is 0 Å². The smallest absolute Gasteiger partial charge is 0.198 e. The minimum Gasteiger partial charge on any atom is -0.288 e. The first-order chi connectivity index (χ1) is 7.65. The van der Waals surface area contributed by atoms with Crippen molar-refractivity contribution in [1.29, 1.82) is 0 Å². The van der Waals surface area contributed by atoms with Crippen molar-refractivity contribution in [3.05, 3.63) is 46.3 Å². The largest absolute Gasteiger partial charge is 0.288 e. The number of Topliss-reactive ketones (excluding diaryl/α,β-unsaturated/α-hetero) is 1. The molecule has 1 rings (SSSR count). The van der Waals surface area contributed by atoms with E-state index in [1.807, 2.05) is 0 Å². The van der Waals surface area contributed by atoms with Crippen molar-refractivity contribution in [2.75, 3.05) is 5.75 Å². The normalized spacial score (nSPS) is 10.1. The zero-order chi connectivity index (χ0) is 12.0. The second-order valence-electron chi connectivity index (χ2n) is 3.46. The summed E-state index contributed by atoms with van der Waals surface area (Å²) in [6.07, 6.45) is 2.24. The molecule has 3 heteroatoms. The van der Waals surface area contributed by atoms with Crippen LogP contribution in [0.1, 0.15) is 30.1 Å². The Balaban J connectivity index is 2.57. The molecule has 0 aliphatic heterocycles. The highest BCUT2D eigenvalue weighted by molar-refractivity contribution is 8.04. The molecular formula is C13H15ClOS. The molecule has 0 atom stereocenters. The molecule has 0 aliphatic rings. The molecule has 86 valence electrons. The predicted octanol–water partition coefficient (Wildman–Crippen LogP) is 4.57. The van der Waals surface area contributed by atoms with E-state index in [4.69, 9.17) is 11.6 Å². The van der Waals surface area contributed by atoms with Gasteiger partial charge in [0.15, 0.2) is 5.78 Å². The molecule has 0 saturated carbocycles. The first kappa shape index (κ1) is 13.3. The lowest BCUT2D eigenvalue weighted by atomic mass is 10.1. The topological polar surface area (TPSA) is 17.1 Å². The third-order valence-electron chi connectivity index (χ3n) is 2.13. The maximum atomic E-state index is 11.9. The van der Waals surface area contributed by atoms with E-state index in [0.717, 1.165) is 18.6 Å². The standard InChI is InChI=1S/C13H15ClOS/c1-3-4-9-16-10(2)13(15)11-5-7-12(14)8-6-11/h5-8H,2-4,9H2,1H3. The Morgan fingerprint density at radius 3 is 2.56 bits per heavy atom. The summed E-state index contributed by atoms with van der Waals surface area (Å²) < 4.78 is 0. The van der Waals surface area contributed by atoms with Gasteiger partial charge in [0.1, 0.15) is 0 Å². The zero-order valence-corrected chi connectivity index (χ0v) is 10.9. The van der Waals surface area contributed by atoms with Gasteiger partial charge >= 0.3 is 0 Å². The number of allylic oxidation sites excluding steroid dienone is 1. The fourth-order valence-corrected chi connectivity index (χ4v) is 2.22. The Hall–Kier alpha value is -0.730. The zero-order valence-electron chi connectivity index (χ0n) is 9.33. The molecule has 16 heavy (non-hydrogen) atoms. The van der Waals surface area contributed by atoms with Crippen LogP contribution in [-0.4, -0.2) is 11.5 Å². The number of hydrogen-bond acceptors (Lipinski definition) is 2. The molecule has 0 amide bonds. The quantitative estimate of drug-likeness (QED) is 0.420. The number of benzene rings is 1. The van der Waals surface area contributed by atoms with Gasteiger partial charge in [-0.05, 0) is 36.4 Å². The van der Waals surface area contributed by atoms with E-state index in [-0.39, 0.29) is 5.78 Å². The summed E-state index contributed by atoms with van der Waals surface area (Å²) in [7, 11) is 0. The van der Waals surface area contributed by atoms with Crippen molar-refractivity contribution >= 4 is 29.1 Å². The molecule has 0 saturated heterocycles. The summed E-state index contributed by atoms with van der Waals surface area (Å²) >= 11 is 7.29. The third kappa shape index (κ3) is 4.03. The number of thioether (sulfide) groups is 1. The van der Waals surface area contributed by atoms with Gasteiger partial charge in [-0.25, -0.2) is 0 Å². The Bertz CT molecular complexity index is 370. The van der Waals surface area contributed by atoms with E-state index < -0.39 is 0 Å². The van der Waals surface area contributed by atoms with Crippen LogP contribution in [0.2, 0.25) is 5.02 Å². The van der Waals surface area contributed by atoms with Crippen LogP contribution in [0, 0.1) is 0 Å². The lowest BCUT2D eigenvalue weighted by Gasteiger charge is -2.04. The van der Waals surface area contributed by atoms with Crippen LogP contribution in [0.3, 0.4) is 0 Å². The first-order valence-corrected chi connectivity index (χ1v) is 6.63. The van der Waals surface area contributed by atoms with Crippen LogP contribution in [0.15, 0.2) is 35.7 Å². The number of halogens is 1. The third-order valence-corrected chi connectivity index (χ3v) is 3.41. The van der Waals surface area contributed by atoms with Crippen molar-refractivity contribution in [1.82, 2.24) is 0 Å². The maximum absolute atomic E-state index is 11.9. The number of rotatable bonds is 6. The lowest BCUT2D eigenvalue weighted by Crippen LogP contribution is -2.00. The van der Waals surface area contributed by atoms with Gasteiger partial charge in [0.05, 0.1) is 0 Å². The van der Waals surface area contributed by atoms with Gasteiger partial charge in [-0.15, -0.1) is 11.8 Å². The fourth-order valence-electron chi connectivity index (χ4n) is 1.17. The van der Waals surface area contributed by atoms with E-state index >= 15 is 0 Å². The van der Waals surface area contributed by atoms with Gasteiger partial charge in [-0.2, -0.15) is 0 Å². The van der Waals surface area contributed by atoms with Crippen LogP contribution in [-0.2, 0) is 0 Å². The van der Waals surface area contributed by atoms with Gasteiger partial charge in [0, 0.05) is 15.5 Å². The van der Waals surface area contributed by atoms with Crippen LogP contribution in [0.25, 0.3) is 0 Å². The minimum atomic E-state index is -0.00207. The van der Waals surface area contributed by atoms with E-state index in [1.54, 1.807) is 24.3 Å². The molecule has 1 nitrogen and oxygen atoms in total. The Morgan fingerprint density at radius 1 is 1.38 bits per heavy atom. The minimum absolute atomic E-state index is 0.00207. The second kappa shape index (κ2) is 6.77. The van der Waals surface area contributed by atoms with Gasteiger partial charge in [-0.3, -0.25) is 4.79 Å². The highest BCUT2D eigenvalue weighted by Crippen LogP contribution is 2.21. The average Bonchev–Trinajstić information content (AvgIpc) is 2.29. The monoisotopic (exact) mass is 254 g/mol. The number of carbonyl (C=O) groups is 1. The molecule has 0 spiro atoms. The molecule has 0 unspecified atom stereocenters. The van der Waals surface area contributed by atoms with E-state index in [2.05, 4.69) is 13.5 Å². The van der Waals surface area contributed by atoms with Crippen LogP contribution < -0.4 is 0 Å². The van der Waals surface area contributed by atoms with Gasteiger partial charge in [0.25, 0.3) is 0 Å². The van der Waals surface area contributed by atoms with Crippen LogP contribution >= 0.6 is 23.4 Å². The van der Waals surface area contributed by atoms with Gasteiger partial charge in [0.2, 0.25) is 0 Å². The predicted molar refractivity (Wildman–Crippen MR) is 72.3 cm³/mol. The molecular weight excluding hydrogens is 240 g/mol. The van der Waals surface area contributed by atoms with Gasteiger partial charge < -0.3 is 0 Å². The Kier molecular flexibility index (Phi) is 5.64. The lowest BCUT2D eigenvalue weighted by molar-refractivity contribution is 0.104. The molecule has 0 radical (unpaired) electrons. The summed E-state index contributed by atoms with van der Waals surface area (Å²) in [5.41, 5.74) is 0.651. The SMILES string of the molecule is C=C(SCCCC)C(=O)c1ccc(Cl)cc1. The van der Waals surface area contributed by atoms with Crippen molar-refractivity contribution in [2.45, 2.75) is 19.8 Å². The van der Waals surface area contributed by atoms with Crippen molar-refractivity contribution in [2.24, 2.45) is 0 Å². The average molecular weight is 255 g/mol. The maximum Gasteiger partial charge on any atom is 0.198 e. The summed E-state index contributed by atoms with van der Waals surface area (Å²) in [6.45, 7) is 5.93. The summed E-state index contributed by atoms with van der Waals surface area (Å²) in [4.78, 5) is 12.5. The van der Waals surface area contributed by atoms with Crippen molar-refractivity contribution in [3.8, 4) is 0 Å². The summed E-state index contributed by atoms with van der Waals surface area (Å²) in [6, 6.07) is 6.91. The molecule has 1 aromatic carbocycles. The summed E-state index contributed by atoms with van der Waals surface area (Å²) in [5.74, 6) is 0.951. The highest BCUT2D eigenvalue weighted by atomic mass is 35.5. The molecule has 0 aliphatic carbocycles. The second-order valence-corrected chi connectivity index (χ2v) is 5.09. The molecule has 1 aromatic rings. The number of ketones is 1. The number of unbranched alkanes of at least 4 members (excludes halogenated alkanes) is 1. The van der Waals surface area contributed by atoms with Crippen molar-refractivity contribution < 1.29 is 4.79 Å². The van der Waals surface area contributed by atoms with E-state index in [1.165, 1.54) is 11.8 Å². The summed E-state index contributed by atoms with van der Waals surface area (Å²) in [5, 5.41) is 0.640. The highest BCUT2D eigenvalue weighted by Gasteiger charge is 2.09. The first-order valence-electron chi connectivity index (χ1n) is 5.27. The fraction of sp³-hybridized carbons (Fsp3) is 0.308. The van der Waals surface area contributed by atoms with E-state index in [9.17, 15) is 4.79 Å². The van der Waals surface area contributed by atoms with Crippen LogP contribution in [0.4, 0.5) is 0 Å². The molecule has 0 bridgehead atoms. The number of carbonyl (C=O) groups excluding carboxylic acids is 1. The molecule has 0 heterocycles.